The van der Waals surface area contributed by atoms with E-state index < -0.39 is 19.0 Å². The fraction of sp³-hybridized carbons (Fsp3) is 0.500. The summed E-state index contributed by atoms with van der Waals surface area (Å²) in [6, 6.07) is 2.25. The average molecular weight is 337 g/mol. The zero-order chi connectivity index (χ0) is 17.4. The number of hydrogen-bond acceptors (Lipinski definition) is 4. The van der Waals surface area contributed by atoms with E-state index in [0.29, 0.717) is 6.54 Å². The minimum Gasteiger partial charge on any atom is -0.483 e. The summed E-state index contributed by atoms with van der Waals surface area (Å²) in [5, 5.41) is 21.3. The third-order valence-electron chi connectivity index (χ3n) is 4.05. The number of amides is 1. The highest BCUT2D eigenvalue weighted by molar-refractivity contribution is 5.77. The van der Waals surface area contributed by atoms with Crippen molar-refractivity contribution >= 4 is 5.91 Å². The molecule has 2 rings (SSSR count). The number of benzene rings is 1. The molecule has 0 saturated heterocycles. The van der Waals surface area contributed by atoms with Gasteiger partial charge in [-0.3, -0.25) is 4.79 Å². The molecule has 0 bridgehead atoms. The van der Waals surface area contributed by atoms with Gasteiger partial charge in [-0.05, 0) is 44.2 Å². The van der Waals surface area contributed by atoms with Gasteiger partial charge < -0.3 is 20.3 Å². The van der Waals surface area contributed by atoms with Gasteiger partial charge in [-0.25, -0.2) is 4.39 Å². The predicted octanol–water partition coefficient (Wildman–Crippen LogP) is 2.20. The zero-order valence-corrected chi connectivity index (χ0v) is 13.7. The first kappa shape index (κ1) is 18.4. The normalized spacial score (nSPS) is 14.2. The number of nitrogens with one attached hydrogen (secondary N) is 1. The van der Waals surface area contributed by atoms with Gasteiger partial charge in [0.25, 0.3) is 5.91 Å². The van der Waals surface area contributed by atoms with Gasteiger partial charge in [0, 0.05) is 17.7 Å². The molecule has 1 aliphatic rings. The van der Waals surface area contributed by atoms with Crippen LogP contribution in [0.25, 0.3) is 0 Å². The van der Waals surface area contributed by atoms with Crippen LogP contribution in [0.2, 0.25) is 0 Å². The molecule has 1 amide bonds. The SMILES string of the molecule is O=C(COc1c(CO)cc(F)cc1CO)NCCC1=CCCCC1. The molecule has 3 N–H and O–H groups in total. The summed E-state index contributed by atoms with van der Waals surface area (Å²) in [6.07, 6.45) is 7.74. The standard InChI is InChI=1S/C18H24FNO4/c19-16-8-14(10-21)18(15(9-16)11-22)24-12-17(23)20-7-6-13-4-2-1-3-5-13/h4,8-9,21-22H,1-3,5-7,10-12H2,(H,20,23). The number of halogens is 1. The van der Waals surface area contributed by atoms with Gasteiger partial charge >= 0.3 is 0 Å². The van der Waals surface area contributed by atoms with Gasteiger partial charge in [-0.1, -0.05) is 11.6 Å². The fourth-order valence-electron chi connectivity index (χ4n) is 2.82. The number of aliphatic hydroxyl groups is 2. The molecule has 1 aromatic rings. The second kappa shape index (κ2) is 9.39. The largest absolute Gasteiger partial charge is 0.483 e. The number of carbonyl (C=O) groups excluding carboxylic acids is 1. The first-order valence-electron chi connectivity index (χ1n) is 8.24. The minimum absolute atomic E-state index is 0.159. The molecule has 0 fully saturated rings. The predicted molar refractivity (Wildman–Crippen MR) is 87.9 cm³/mol. The molecule has 1 aliphatic carbocycles. The third-order valence-corrected chi connectivity index (χ3v) is 4.05. The highest BCUT2D eigenvalue weighted by atomic mass is 19.1. The molecule has 0 spiro atoms. The first-order chi connectivity index (χ1) is 11.6. The van der Waals surface area contributed by atoms with Crippen molar-refractivity contribution < 1.29 is 24.1 Å². The van der Waals surface area contributed by atoms with Gasteiger partial charge in [0.15, 0.2) is 6.61 Å². The van der Waals surface area contributed by atoms with Crippen molar-refractivity contribution in [2.45, 2.75) is 45.3 Å². The average Bonchev–Trinajstić information content (AvgIpc) is 2.60. The van der Waals surface area contributed by atoms with Gasteiger partial charge in [-0.15, -0.1) is 0 Å². The molecular formula is C18H24FNO4. The van der Waals surface area contributed by atoms with Crippen molar-refractivity contribution in [1.29, 1.82) is 0 Å². The summed E-state index contributed by atoms with van der Waals surface area (Å²) < 4.78 is 18.8. The maximum Gasteiger partial charge on any atom is 0.257 e. The number of aliphatic hydroxyl groups excluding tert-OH is 2. The van der Waals surface area contributed by atoms with E-state index in [1.807, 2.05) is 0 Å². The molecule has 24 heavy (non-hydrogen) atoms. The monoisotopic (exact) mass is 337 g/mol. The summed E-state index contributed by atoms with van der Waals surface area (Å²) in [5.41, 5.74) is 1.80. The van der Waals surface area contributed by atoms with Crippen LogP contribution in [0.1, 0.15) is 43.2 Å². The smallest absolute Gasteiger partial charge is 0.257 e. The van der Waals surface area contributed by atoms with Crippen LogP contribution in [0.4, 0.5) is 4.39 Å². The second-order valence-corrected chi connectivity index (χ2v) is 5.87. The van der Waals surface area contributed by atoms with Crippen molar-refractivity contribution in [2.24, 2.45) is 0 Å². The summed E-state index contributed by atoms with van der Waals surface area (Å²) in [6.45, 7) is -0.562. The van der Waals surface area contributed by atoms with Gasteiger partial charge in [-0.2, -0.15) is 0 Å². The molecule has 0 aliphatic heterocycles. The van der Waals surface area contributed by atoms with E-state index in [9.17, 15) is 19.4 Å². The Kier molecular flexibility index (Phi) is 7.21. The van der Waals surface area contributed by atoms with Gasteiger partial charge in [0.1, 0.15) is 11.6 Å². The van der Waals surface area contributed by atoms with Crippen molar-refractivity contribution in [3.05, 3.63) is 40.7 Å². The molecule has 0 aromatic heterocycles. The van der Waals surface area contributed by atoms with Gasteiger partial charge in [0.05, 0.1) is 13.2 Å². The van der Waals surface area contributed by atoms with Crippen molar-refractivity contribution in [3.8, 4) is 5.75 Å². The van der Waals surface area contributed by atoms with E-state index in [1.165, 1.54) is 18.4 Å². The number of carbonyl (C=O) groups is 1. The van der Waals surface area contributed by atoms with Crippen LogP contribution < -0.4 is 10.1 Å². The Labute approximate surface area is 141 Å². The van der Waals surface area contributed by atoms with E-state index in [-0.39, 0.29) is 29.4 Å². The summed E-state index contributed by atoms with van der Waals surface area (Å²) in [4.78, 5) is 11.9. The molecule has 5 nitrogen and oxygen atoms in total. The highest BCUT2D eigenvalue weighted by Gasteiger charge is 2.13. The third kappa shape index (κ3) is 5.32. The van der Waals surface area contributed by atoms with E-state index in [2.05, 4.69) is 11.4 Å². The number of allylic oxidation sites excluding steroid dienone is 1. The molecule has 0 unspecified atom stereocenters. The fourth-order valence-corrected chi connectivity index (χ4v) is 2.82. The lowest BCUT2D eigenvalue weighted by atomic mass is 9.97. The van der Waals surface area contributed by atoms with Crippen LogP contribution in [0, 0.1) is 5.82 Å². The van der Waals surface area contributed by atoms with E-state index in [1.54, 1.807) is 0 Å². The quantitative estimate of drug-likeness (QED) is 0.636. The van der Waals surface area contributed by atoms with Crippen LogP contribution >= 0.6 is 0 Å². The summed E-state index contributed by atoms with van der Waals surface area (Å²) in [7, 11) is 0. The van der Waals surface area contributed by atoms with Gasteiger partial charge in [0.2, 0.25) is 0 Å². The number of ether oxygens (including phenoxy) is 1. The Morgan fingerprint density at radius 3 is 2.50 bits per heavy atom. The Morgan fingerprint density at radius 1 is 1.21 bits per heavy atom. The summed E-state index contributed by atoms with van der Waals surface area (Å²) >= 11 is 0. The van der Waals surface area contributed by atoms with E-state index in [0.717, 1.165) is 31.4 Å². The Morgan fingerprint density at radius 2 is 1.92 bits per heavy atom. The number of hydrogen-bond donors (Lipinski definition) is 3. The first-order valence-corrected chi connectivity index (χ1v) is 8.24. The lowest BCUT2D eigenvalue weighted by molar-refractivity contribution is -0.123. The molecule has 0 radical (unpaired) electrons. The van der Waals surface area contributed by atoms with Crippen LogP contribution in [0.5, 0.6) is 5.75 Å². The van der Waals surface area contributed by atoms with E-state index in [4.69, 9.17) is 4.74 Å². The maximum absolute atomic E-state index is 13.4. The molecule has 0 heterocycles. The second-order valence-electron chi connectivity index (χ2n) is 5.87. The molecule has 1 aromatic carbocycles. The van der Waals surface area contributed by atoms with Crippen molar-refractivity contribution in [1.82, 2.24) is 5.32 Å². The maximum atomic E-state index is 13.4. The van der Waals surface area contributed by atoms with Crippen LogP contribution in [-0.2, 0) is 18.0 Å². The lowest BCUT2D eigenvalue weighted by Crippen LogP contribution is -2.30. The molecule has 6 heteroatoms. The zero-order valence-electron chi connectivity index (χ0n) is 13.7. The van der Waals surface area contributed by atoms with E-state index >= 15 is 0 Å². The lowest BCUT2D eigenvalue weighted by Gasteiger charge is -2.15. The Hall–Kier alpha value is -1.92. The van der Waals surface area contributed by atoms with Crippen LogP contribution in [0.3, 0.4) is 0 Å². The Balaban J connectivity index is 1.84. The Bertz CT molecular complexity index is 576. The van der Waals surface area contributed by atoms with Crippen molar-refractivity contribution in [3.63, 3.8) is 0 Å². The van der Waals surface area contributed by atoms with Crippen LogP contribution in [-0.4, -0.2) is 29.3 Å². The molecule has 0 atom stereocenters. The molecule has 132 valence electrons. The number of rotatable bonds is 8. The van der Waals surface area contributed by atoms with Crippen molar-refractivity contribution in [2.75, 3.05) is 13.2 Å². The molecular weight excluding hydrogens is 313 g/mol. The summed E-state index contributed by atoms with van der Waals surface area (Å²) in [5.74, 6) is -0.698. The minimum atomic E-state index is -0.569. The topological polar surface area (TPSA) is 78.8 Å². The molecule has 0 saturated carbocycles. The van der Waals surface area contributed by atoms with Crippen LogP contribution in [0.15, 0.2) is 23.8 Å². The highest BCUT2D eigenvalue weighted by Crippen LogP contribution is 2.26.